The first kappa shape index (κ1) is 12.3. The minimum Gasteiger partial charge on any atom is -0.493 e. The van der Waals surface area contributed by atoms with Crippen LogP contribution >= 0.6 is 0 Å². The lowest BCUT2D eigenvalue weighted by Crippen LogP contribution is -1.97. The number of fused-ring (bicyclic) bond motifs is 1. The van der Waals surface area contributed by atoms with Gasteiger partial charge < -0.3 is 9.47 Å². The second-order valence-corrected chi connectivity index (χ2v) is 4.16. The van der Waals surface area contributed by atoms with Gasteiger partial charge in [-0.05, 0) is 12.1 Å². The normalized spacial score (nSPS) is 10.5. The molecule has 20 heavy (non-hydrogen) atoms. The number of pyridine rings is 1. The number of hydrogen-bond acceptors (Lipinski definition) is 5. The molecule has 0 bridgehead atoms. The number of benzene rings is 1. The van der Waals surface area contributed by atoms with Crippen molar-refractivity contribution in [2.45, 2.75) is 0 Å². The Bertz CT molecular complexity index is 745. The fraction of sp³-hybridized carbons (Fsp3) is 0.133. The maximum absolute atomic E-state index is 5.51. The molecule has 2 aromatic heterocycles. The maximum atomic E-state index is 5.51. The minimum atomic E-state index is 0.624. The van der Waals surface area contributed by atoms with Crippen LogP contribution in [0.15, 0.2) is 43.0 Å². The summed E-state index contributed by atoms with van der Waals surface area (Å²) in [6.45, 7) is 0. The Hall–Kier alpha value is -2.69. The molecule has 0 atom stereocenters. The molecule has 0 aliphatic carbocycles. The first-order valence-electron chi connectivity index (χ1n) is 6.11. The van der Waals surface area contributed by atoms with Crippen LogP contribution in [0.25, 0.3) is 22.2 Å². The quantitative estimate of drug-likeness (QED) is 0.730. The number of rotatable bonds is 3. The average Bonchev–Trinajstić information content (AvgIpc) is 2.53. The Morgan fingerprint density at radius 1 is 1.05 bits per heavy atom. The van der Waals surface area contributed by atoms with Crippen molar-refractivity contribution in [2.24, 2.45) is 0 Å². The molecule has 5 heteroatoms. The molecule has 3 rings (SSSR count). The molecule has 0 N–H and O–H groups in total. The van der Waals surface area contributed by atoms with Crippen LogP contribution in [0.4, 0.5) is 0 Å². The Morgan fingerprint density at radius 2 is 1.95 bits per heavy atom. The predicted octanol–water partition coefficient (Wildman–Crippen LogP) is 2.71. The van der Waals surface area contributed by atoms with Crippen molar-refractivity contribution in [3.05, 3.63) is 43.0 Å². The topological polar surface area (TPSA) is 57.1 Å². The van der Waals surface area contributed by atoms with Crippen molar-refractivity contribution >= 4 is 10.9 Å². The third-order valence-corrected chi connectivity index (χ3v) is 3.08. The number of aromatic nitrogens is 3. The Labute approximate surface area is 116 Å². The Balaban J connectivity index is 2.43. The van der Waals surface area contributed by atoms with E-state index in [0.29, 0.717) is 11.5 Å². The van der Waals surface area contributed by atoms with Crippen molar-refractivity contribution in [2.75, 3.05) is 14.2 Å². The van der Waals surface area contributed by atoms with Crippen molar-refractivity contribution < 1.29 is 9.47 Å². The molecule has 100 valence electrons. The van der Waals surface area contributed by atoms with Crippen LogP contribution in [-0.2, 0) is 0 Å². The molecular weight excluding hydrogens is 254 g/mol. The molecule has 0 aliphatic rings. The van der Waals surface area contributed by atoms with E-state index in [1.807, 2.05) is 24.3 Å². The minimum absolute atomic E-state index is 0.624. The first-order valence-corrected chi connectivity index (χ1v) is 6.11. The summed E-state index contributed by atoms with van der Waals surface area (Å²) < 4.78 is 10.9. The summed E-state index contributed by atoms with van der Waals surface area (Å²) in [6, 6.07) is 7.55. The van der Waals surface area contributed by atoms with E-state index in [1.165, 1.54) is 6.33 Å². The van der Waals surface area contributed by atoms with Gasteiger partial charge in [0.1, 0.15) is 6.33 Å². The van der Waals surface area contributed by atoms with E-state index in [-0.39, 0.29) is 0 Å². The lowest BCUT2D eigenvalue weighted by molar-refractivity contribution is 0.357. The number of methoxy groups -OCH3 is 2. The van der Waals surface area contributed by atoms with Crippen LogP contribution in [0.2, 0.25) is 0 Å². The van der Waals surface area contributed by atoms with E-state index >= 15 is 0 Å². The zero-order valence-corrected chi connectivity index (χ0v) is 11.2. The molecule has 0 fully saturated rings. The SMILES string of the molecule is COc1cc2ncncc2c(-c2ccccn2)c1OC. The summed E-state index contributed by atoms with van der Waals surface area (Å²) in [7, 11) is 3.22. The molecule has 0 spiro atoms. The van der Waals surface area contributed by atoms with Crippen molar-refractivity contribution in [1.82, 2.24) is 15.0 Å². The average molecular weight is 267 g/mol. The van der Waals surface area contributed by atoms with E-state index in [9.17, 15) is 0 Å². The van der Waals surface area contributed by atoms with Crippen molar-refractivity contribution in [3.63, 3.8) is 0 Å². The van der Waals surface area contributed by atoms with Crippen LogP contribution in [0.3, 0.4) is 0 Å². The third-order valence-electron chi connectivity index (χ3n) is 3.08. The lowest BCUT2D eigenvalue weighted by Gasteiger charge is -2.14. The van der Waals surface area contributed by atoms with Gasteiger partial charge in [-0.25, -0.2) is 9.97 Å². The Kier molecular flexibility index (Phi) is 3.16. The van der Waals surface area contributed by atoms with E-state index in [0.717, 1.165) is 22.2 Å². The Morgan fingerprint density at radius 3 is 2.65 bits per heavy atom. The van der Waals surface area contributed by atoms with Gasteiger partial charge in [0.05, 0.1) is 31.0 Å². The van der Waals surface area contributed by atoms with Gasteiger partial charge in [-0.1, -0.05) is 6.07 Å². The molecule has 0 amide bonds. The van der Waals surface area contributed by atoms with Gasteiger partial charge in [0.25, 0.3) is 0 Å². The summed E-state index contributed by atoms with van der Waals surface area (Å²) in [5.74, 6) is 1.26. The van der Waals surface area contributed by atoms with E-state index in [4.69, 9.17) is 9.47 Å². The molecule has 2 heterocycles. The van der Waals surface area contributed by atoms with Crippen LogP contribution < -0.4 is 9.47 Å². The molecule has 0 saturated carbocycles. The largest absolute Gasteiger partial charge is 0.493 e. The monoisotopic (exact) mass is 267 g/mol. The molecule has 3 aromatic rings. The highest BCUT2D eigenvalue weighted by Gasteiger charge is 2.18. The summed E-state index contributed by atoms with van der Waals surface area (Å²) in [5, 5.41) is 0.879. The highest BCUT2D eigenvalue weighted by molar-refractivity contribution is 5.98. The van der Waals surface area contributed by atoms with E-state index in [2.05, 4.69) is 15.0 Å². The van der Waals surface area contributed by atoms with Gasteiger partial charge in [0.15, 0.2) is 11.5 Å². The summed E-state index contributed by atoms with van der Waals surface area (Å²) in [5.41, 5.74) is 2.42. The lowest BCUT2D eigenvalue weighted by atomic mass is 10.0. The number of nitrogens with zero attached hydrogens (tertiary/aromatic N) is 3. The van der Waals surface area contributed by atoms with Crippen LogP contribution in [0, 0.1) is 0 Å². The molecule has 0 radical (unpaired) electrons. The highest BCUT2D eigenvalue weighted by atomic mass is 16.5. The molecule has 0 aliphatic heterocycles. The maximum Gasteiger partial charge on any atom is 0.170 e. The fourth-order valence-corrected chi connectivity index (χ4v) is 2.20. The molecule has 1 aromatic carbocycles. The number of hydrogen-bond donors (Lipinski definition) is 0. The van der Waals surface area contributed by atoms with Gasteiger partial charge in [0, 0.05) is 23.8 Å². The van der Waals surface area contributed by atoms with Crippen molar-refractivity contribution in [1.29, 1.82) is 0 Å². The zero-order valence-electron chi connectivity index (χ0n) is 11.2. The highest BCUT2D eigenvalue weighted by Crippen LogP contribution is 2.42. The predicted molar refractivity (Wildman–Crippen MR) is 75.9 cm³/mol. The zero-order chi connectivity index (χ0) is 13.9. The molecular formula is C15H13N3O2. The smallest absolute Gasteiger partial charge is 0.170 e. The molecule has 0 unspecified atom stereocenters. The van der Waals surface area contributed by atoms with Gasteiger partial charge in [-0.3, -0.25) is 4.98 Å². The third kappa shape index (κ3) is 1.93. The fourth-order valence-electron chi connectivity index (χ4n) is 2.20. The summed E-state index contributed by atoms with van der Waals surface area (Å²) in [6.07, 6.45) is 5.01. The standard InChI is InChI=1S/C15H13N3O2/c1-19-13-7-12-10(8-16-9-18-12)14(15(13)20-2)11-5-3-4-6-17-11/h3-9H,1-2H3. The van der Waals surface area contributed by atoms with E-state index < -0.39 is 0 Å². The van der Waals surface area contributed by atoms with Gasteiger partial charge in [0.2, 0.25) is 0 Å². The van der Waals surface area contributed by atoms with Gasteiger partial charge in [-0.15, -0.1) is 0 Å². The molecule has 5 nitrogen and oxygen atoms in total. The van der Waals surface area contributed by atoms with Crippen LogP contribution in [-0.4, -0.2) is 29.2 Å². The van der Waals surface area contributed by atoms with Gasteiger partial charge >= 0.3 is 0 Å². The van der Waals surface area contributed by atoms with Crippen LogP contribution in [0.5, 0.6) is 11.5 Å². The summed E-state index contributed by atoms with van der Waals surface area (Å²) >= 11 is 0. The second kappa shape index (κ2) is 5.13. The number of ether oxygens (including phenoxy) is 2. The van der Waals surface area contributed by atoms with E-state index in [1.54, 1.807) is 26.6 Å². The van der Waals surface area contributed by atoms with Crippen molar-refractivity contribution in [3.8, 4) is 22.8 Å². The second-order valence-electron chi connectivity index (χ2n) is 4.16. The first-order chi connectivity index (χ1) is 9.85. The molecule has 0 saturated heterocycles. The summed E-state index contributed by atoms with van der Waals surface area (Å²) in [4.78, 5) is 12.8. The van der Waals surface area contributed by atoms with Crippen LogP contribution in [0.1, 0.15) is 0 Å². The van der Waals surface area contributed by atoms with Gasteiger partial charge in [-0.2, -0.15) is 0 Å².